The monoisotopic (exact) mass is 636 g/mol. The molecule has 0 fully saturated rings. The first kappa shape index (κ1) is 33.1. The van der Waals surface area contributed by atoms with Crippen LogP contribution >= 0.6 is 0 Å². The van der Waals surface area contributed by atoms with E-state index >= 15 is 0 Å². The molecule has 244 valence electrons. The van der Waals surface area contributed by atoms with Crippen molar-refractivity contribution in [3.05, 3.63) is 94.8 Å². The Morgan fingerprint density at radius 3 is 2.26 bits per heavy atom. The maximum absolute atomic E-state index is 12.2. The van der Waals surface area contributed by atoms with Crippen molar-refractivity contribution >= 4 is 51.7 Å². The highest BCUT2D eigenvalue weighted by Crippen LogP contribution is 2.31. The Kier molecular flexibility index (Phi) is 10.2. The van der Waals surface area contributed by atoms with Gasteiger partial charge < -0.3 is 30.2 Å². The summed E-state index contributed by atoms with van der Waals surface area (Å²) in [6.07, 6.45) is 3.37. The molecular formula is C36H42N7O4+. The molecule has 0 bridgehead atoms. The van der Waals surface area contributed by atoms with Crippen LogP contribution in [-0.4, -0.2) is 65.1 Å². The molecule has 0 saturated heterocycles. The largest absolute Gasteiger partial charge is 0.465 e. The molecule has 0 aliphatic heterocycles. The van der Waals surface area contributed by atoms with Crippen molar-refractivity contribution in [1.82, 2.24) is 19.9 Å². The van der Waals surface area contributed by atoms with Crippen LogP contribution in [0.25, 0.3) is 21.9 Å². The Morgan fingerprint density at radius 2 is 1.62 bits per heavy atom. The van der Waals surface area contributed by atoms with E-state index in [0.717, 1.165) is 64.7 Å². The van der Waals surface area contributed by atoms with Crippen LogP contribution in [0, 0.1) is 0 Å². The molecule has 0 spiro atoms. The van der Waals surface area contributed by atoms with Crippen molar-refractivity contribution in [2.45, 2.75) is 45.8 Å². The van der Waals surface area contributed by atoms with Crippen molar-refractivity contribution in [2.75, 3.05) is 38.8 Å². The zero-order valence-corrected chi connectivity index (χ0v) is 27.4. The maximum Gasteiger partial charge on any atom is 0.337 e. The lowest BCUT2D eigenvalue weighted by Gasteiger charge is -2.30. The standard InChI is InChI=1S/C36H41N7O4/c1-5-6-7-31-41-33-34(29-17-14-27(36(46)47-4)18-30(29)40-35(33)37)42(31)20-24-8-10-25(11-9-24)21-43(2,3)22-26-12-15-28(16-13-26)39-32(45)19-38-23-44/h8-18,23H,5-7,19-22H2,1-4H3,(H3-,37,38,39,40,44,45)/p+1. The fourth-order valence-corrected chi connectivity index (χ4v) is 5.91. The van der Waals surface area contributed by atoms with Crippen LogP contribution in [0.15, 0.2) is 66.7 Å². The lowest BCUT2D eigenvalue weighted by Crippen LogP contribution is -2.37. The number of carbonyl (C=O) groups excluding carboxylic acids is 3. The molecule has 0 atom stereocenters. The normalized spacial score (nSPS) is 11.5. The van der Waals surface area contributed by atoms with Crippen LogP contribution in [0.3, 0.4) is 0 Å². The number of carbonyl (C=O) groups is 3. The van der Waals surface area contributed by atoms with Crippen molar-refractivity contribution in [1.29, 1.82) is 0 Å². The zero-order valence-electron chi connectivity index (χ0n) is 27.4. The van der Waals surface area contributed by atoms with E-state index in [-0.39, 0.29) is 12.5 Å². The van der Waals surface area contributed by atoms with Crippen molar-refractivity contribution in [3.63, 3.8) is 0 Å². The van der Waals surface area contributed by atoms with Gasteiger partial charge >= 0.3 is 5.97 Å². The Balaban J connectivity index is 1.34. The number of nitrogens with zero attached hydrogens (tertiary/aromatic N) is 4. The number of unbranched alkanes of at least 4 members (excludes halogenated alkanes) is 1. The van der Waals surface area contributed by atoms with Crippen molar-refractivity contribution in [3.8, 4) is 0 Å². The number of nitrogens with one attached hydrogen (secondary N) is 2. The minimum Gasteiger partial charge on any atom is -0.465 e. The molecule has 2 heterocycles. The van der Waals surface area contributed by atoms with Gasteiger partial charge in [0.05, 0.1) is 44.3 Å². The number of methoxy groups -OCH3 is 1. The maximum atomic E-state index is 12.2. The molecule has 2 amide bonds. The second-order valence-corrected chi connectivity index (χ2v) is 12.4. The number of esters is 1. The van der Waals surface area contributed by atoms with Gasteiger partial charge in [-0.05, 0) is 42.3 Å². The van der Waals surface area contributed by atoms with E-state index in [1.165, 1.54) is 12.7 Å². The van der Waals surface area contributed by atoms with Gasteiger partial charge in [-0.1, -0.05) is 49.7 Å². The number of anilines is 2. The summed E-state index contributed by atoms with van der Waals surface area (Å²) in [5.74, 6) is 0.611. The van der Waals surface area contributed by atoms with Gasteiger partial charge in [-0.25, -0.2) is 14.8 Å². The molecule has 0 radical (unpaired) electrons. The Hall–Kier alpha value is -5.29. The minimum absolute atomic E-state index is 0.0604. The van der Waals surface area contributed by atoms with E-state index in [2.05, 4.69) is 65.5 Å². The average molecular weight is 637 g/mol. The van der Waals surface area contributed by atoms with Crippen LogP contribution < -0.4 is 16.4 Å². The number of hydrogen-bond acceptors (Lipinski definition) is 7. The van der Waals surface area contributed by atoms with E-state index in [1.807, 2.05) is 30.3 Å². The molecule has 11 heteroatoms. The van der Waals surface area contributed by atoms with Crippen LogP contribution in [0.5, 0.6) is 0 Å². The molecule has 5 rings (SSSR count). The molecule has 47 heavy (non-hydrogen) atoms. The average Bonchev–Trinajstić information content (AvgIpc) is 3.42. The zero-order chi connectivity index (χ0) is 33.6. The second kappa shape index (κ2) is 14.4. The first-order chi connectivity index (χ1) is 22.6. The predicted molar refractivity (Wildman–Crippen MR) is 184 cm³/mol. The van der Waals surface area contributed by atoms with Gasteiger partial charge in [-0.15, -0.1) is 0 Å². The number of nitrogens with two attached hydrogens (primary N) is 1. The van der Waals surface area contributed by atoms with Crippen LogP contribution in [0.2, 0.25) is 0 Å². The molecule has 5 aromatic rings. The molecular weight excluding hydrogens is 594 g/mol. The number of imidazole rings is 1. The first-order valence-electron chi connectivity index (χ1n) is 15.7. The van der Waals surface area contributed by atoms with Gasteiger partial charge in [0, 0.05) is 35.2 Å². The summed E-state index contributed by atoms with van der Waals surface area (Å²) in [4.78, 5) is 44.0. The van der Waals surface area contributed by atoms with Crippen LogP contribution in [0.1, 0.15) is 52.6 Å². The third-order valence-electron chi connectivity index (χ3n) is 8.13. The van der Waals surface area contributed by atoms with E-state index in [1.54, 1.807) is 12.1 Å². The third-order valence-corrected chi connectivity index (χ3v) is 8.13. The predicted octanol–water partition coefficient (Wildman–Crippen LogP) is 4.81. The fourth-order valence-electron chi connectivity index (χ4n) is 5.91. The summed E-state index contributed by atoms with van der Waals surface area (Å²) in [7, 11) is 5.75. The second-order valence-electron chi connectivity index (χ2n) is 12.4. The minimum atomic E-state index is -0.421. The Labute approximate surface area is 274 Å². The highest BCUT2D eigenvalue weighted by molar-refractivity contribution is 6.08. The molecule has 4 N–H and O–H groups in total. The lowest BCUT2D eigenvalue weighted by molar-refractivity contribution is -0.916. The van der Waals surface area contributed by atoms with E-state index in [0.29, 0.717) is 41.1 Å². The first-order valence-corrected chi connectivity index (χ1v) is 15.7. The molecule has 0 aliphatic carbocycles. The van der Waals surface area contributed by atoms with Gasteiger partial charge in [-0.3, -0.25) is 9.59 Å². The molecule has 11 nitrogen and oxygen atoms in total. The van der Waals surface area contributed by atoms with Gasteiger partial charge in [-0.2, -0.15) is 0 Å². The number of nitrogen functional groups attached to an aromatic ring is 1. The van der Waals surface area contributed by atoms with E-state index < -0.39 is 5.97 Å². The number of aromatic nitrogens is 3. The lowest BCUT2D eigenvalue weighted by atomic mass is 10.1. The fraction of sp³-hybridized carbons (Fsp3) is 0.306. The topological polar surface area (TPSA) is 141 Å². The quantitative estimate of drug-likeness (QED) is 0.0903. The smallest absolute Gasteiger partial charge is 0.337 e. The SMILES string of the molecule is CCCCc1nc2c(N)nc3cc(C(=O)OC)ccc3c2n1Cc1ccc(C[N+](C)(C)Cc2ccc(NC(=O)CNC=O)cc2)cc1. The van der Waals surface area contributed by atoms with Gasteiger partial charge in [0.1, 0.15) is 24.4 Å². The number of quaternary nitrogens is 1. The number of rotatable bonds is 14. The molecule has 0 aliphatic rings. The van der Waals surface area contributed by atoms with E-state index in [4.69, 9.17) is 15.5 Å². The van der Waals surface area contributed by atoms with Crippen molar-refractivity contribution < 1.29 is 23.6 Å². The van der Waals surface area contributed by atoms with Gasteiger partial charge in [0.15, 0.2) is 5.82 Å². The molecule has 2 aromatic heterocycles. The summed E-state index contributed by atoms with van der Waals surface area (Å²) >= 11 is 0. The molecule has 3 aromatic carbocycles. The van der Waals surface area contributed by atoms with Gasteiger partial charge in [0.25, 0.3) is 0 Å². The number of benzene rings is 3. The number of ether oxygens (including phenoxy) is 1. The number of hydrogen-bond donors (Lipinski definition) is 3. The Morgan fingerprint density at radius 1 is 0.957 bits per heavy atom. The number of amides is 2. The third kappa shape index (κ3) is 7.93. The highest BCUT2D eigenvalue weighted by Gasteiger charge is 2.20. The number of pyridine rings is 1. The summed E-state index contributed by atoms with van der Waals surface area (Å²) < 4.78 is 7.89. The van der Waals surface area contributed by atoms with Crippen LogP contribution in [-0.2, 0) is 40.4 Å². The Bertz CT molecular complexity index is 1900. The summed E-state index contributed by atoms with van der Waals surface area (Å²) in [6.45, 7) is 4.37. The number of aryl methyl sites for hydroxylation is 1. The van der Waals surface area contributed by atoms with Gasteiger partial charge in [0.2, 0.25) is 12.3 Å². The van der Waals surface area contributed by atoms with Crippen molar-refractivity contribution in [2.24, 2.45) is 0 Å². The van der Waals surface area contributed by atoms with E-state index in [9.17, 15) is 14.4 Å². The molecule has 0 saturated carbocycles. The summed E-state index contributed by atoms with van der Waals surface area (Å²) in [5.41, 5.74) is 13.3. The van der Waals surface area contributed by atoms with Crippen LogP contribution in [0.4, 0.5) is 11.5 Å². The number of fused-ring (bicyclic) bond motifs is 3. The highest BCUT2D eigenvalue weighted by atomic mass is 16.5. The molecule has 0 unspecified atom stereocenters. The summed E-state index contributed by atoms with van der Waals surface area (Å²) in [6, 6.07) is 21.9. The summed E-state index contributed by atoms with van der Waals surface area (Å²) in [5, 5.41) is 6.02.